The molecular weight excluding hydrogens is 318 g/mol. The monoisotopic (exact) mass is 341 g/mol. The Balaban J connectivity index is 1.43. The van der Waals surface area contributed by atoms with E-state index in [9.17, 15) is 4.79 Å². The predicted molar refractivity (Wildman–Crippen MR) is 93.7 cm³/mol. The zero-order valence-corrected chi connectivity index (χ0v) is 14.6. The van der Waals surface area contributed by atoms with Gasteiger partial charge in [-0.1, -0.05) is 17.7 Å². The number of amides is 1. The summed E-state index contributed by atoms with van der Waals surface area (Å²) in [6.45, 7) is 5.27. The second kappa shape index (κ2) is 7.96. The third kappa shape index (κ3) is 4.92. The lowest BCUT2D eigenvalue weighted by Crippen LogP contribution is -2.43. The molecule has 2 aromatic rings. The zero-order chi connectivity index (χ0) is 17.6. The van der Waals surface area contributed by atoms with Crippen LogP contribution >= 0.6 is 0 Å². The van der Waals surface area contributed by atoms with Gasteiger partial charge in [-0.05, 0) is 26.0 Å². The molecule has 0 saturated carbocycles. The van der Waals surface area contributed by atoms with Gasteiger partial charge in [0.05, 0.1) is 0 Å². The summed E-state index contributed by atoms with van der Waals surface area (Å²) in [7, 11) is 0. The van der Waals surface area contributed by atoms with Crippen LogP contribution < -0.4 is 9.47 Å². The number of piperidine rings is 1. The van der Waals surface area contributed by atoms with Crippen LogP contribution in [0.1, 0.15) is 24.2 Å². The number of aromatic nitrogens is 2. The largest absolute Gasteiger partial charge is 0.484 e. The molecule has 1 fully saturated rings. The molecule has 132 valence electrons. The molecular formula is C19H23N3O3. The molecule has 0 unspecified atom stereocenters. The van der Waals surface area contributed by atoms with Gasteiger partial charge in [0.25, 0.3) is 5.91 Å². The fourth-order valence-corrected chi connectivity index (χ4v) is 2.76. The minimum absolute atomic E-state index is 0.0110. The first kappa shape index (κ1) is 17.2. The van der Waals surface area contributed by atoms with Crippen LogP contribution in [0.4, 0.5) is 0 Å². The van der Waals surface area contributed by atoms with E-state index in [2.05, 4.69) is 9.97 Å². The quantitative estimate of drug-likeness (QED) is 0.836. The SMILES string of the molecule is Cc1ccc(OCC(=O)N2CCC(Oc3ccnc(C)n3)CC2)cc1. The van der Waals surface area contributed by atoms with Crippen molar-refractivity contribution >= 4 is 5.91 Å². The van der Waals surface area contributed by atoms with Gasteiger partial charge < -0.3 is 14.4 Å². The number of ether oxygens (including phenoxy) is 2. The van der Waals surface area contributed by atoms with E-state index in [1.165, 1.54) is 5.56 Å². The van der Waals surface area contributed by atoms with Gasteiger partial charge in [-0.3, -0.25) is 4.79 Å². The average Bonchev–Trinajstić information content (AvgIpc) is 2.62. The first-order chi connectivity index (χ1) is 12.1. The number of carbonyl (C=O) groups excluding carboxylic acids is 1. The topological polar surface area (TPSA) is 64.5 Å². The van der Waals surface area contributed by atoms with Crippen molar-refractivity contribution in [2.45, 2.75) is 32.8 Å². The van der Waals surface area contributed by atoms with Crippen LogP contribution in [0.5, 0.6) is 11.6 Å². The summed E-state index contributed by atoms with van der Waals surface area (Å²) in [6.07, 6.45) is 3.36. The summed E-state index contributed by atoms with van der Waals surface area (Å²) >= 11 is 0. The standard InChI is InChI=1S/C19H23N3O3/c1-14-3-5-16(6-4-14)24-13-19(23)22-11-8-17(9-12-22)25-18-7-10-20-15(2)21-18/h3-7,10,17H,8-9,11-13H2,1-2H3. The fraction of sp³-hybridized carbons (Fsp3) is 0.421. The molecule has 0 aliphatic carbocycles. The first-order valence-electron chi connectivity index (χ1n) is 8.54. The van der Waals surface area contributed by atoms with Crippen molar-refractivity contribution in [3.8, 4) is 11.6 Å². The predicted octanol–water partition coefficient (Wildman–Crippen LogP) is 2.54. The summed E-state index contributed by atoms with van der Waals surface area (Å²) in [6, 6.07) is 9.47. The van der Waals surface area contributed by atoms with E-state index >= 15 is 0 Å². The molecule has 25 heavy (non-hydrogen) atoms. The molecule has 1 saturated heterocycles. The van der Waals surface area contributed by atoms with Crippen LogP contribution in [0.2, 0.25) is 0 Å². The Morgan fingerprint density at radius 1 is 1.16 bits per heavy atom. The Morgan fingerprint density at radius 2 is 1.88 bits per heavy atom. The normalized spacial score (nSPS) is 15.0. The van der Waals surface area contributed by atoms with E-state index in [0.29, 0.717) is 24.8 Å². The third-order valence-corrected chi connectivity index (χ3v) is 4.22. The van der Waals surface area contributed by atoms with E-state index in [4.69, 9.17) is 9.47 Å². The van der Waals surface area contributed by atoms with Gasteiger partial charge in [-0.25, -0.2) is 4.98 Å². The average molecular weight is 341 g/mol. The summed E-state index contributed by atoms with van der Waals surface area (Å²) < 4.78 is 11.5. The summed E-state index contributed by atoms with van der Waals surface area (Å²) in [5, 5.41) is 0. The molecule has 6 heteroatoms. The van der Waals surface area contributed by atoms with E-state index in [0.717, 1.165) is 18.6 Å². The second-order valence-corrected chi connectivity index (χ2v) is 6.24. The Bertz CT molecular complexity index is 710. The van der Waals surface area contributed by atoms with Gasteiger partial charge in [0.1, 0.15) is 17.7 Å². The Morgan fingerprint density at radius 3 is 2.56 bits per heavy atom. The van der Waals surface area contributed by atoms with Crippen molar-refractivity contribution in [3.05, 3.63) is 47.9 Å². The zero-order valence-electron chi connectivity index (χ0n) is 14.6. The molecule has 1 aliphatic heterocycles. The summed E-state index contributed by atoms with van der Waals surface area (Å²) in [4.78, 5) is 22.4. The molecule has 1 aromatic heterocycles. The second-order valence-electron chi connectivity index (χ2n) is 6.24. The molecule has 2 heterocycles. The lowest BCUT2D eigenvalue weighted by atomic mass is 10.1. The Kier molecular flexibility index (Phi) is 5.48. The highest BCUT2D eigenvalue weighted by Crippen LogP contribution is 2.18. The lowest BCUT2D eigenvalue weighted by molar-refractivity contribution is -0.135. The molecule has 6 nitrogen and oxygen atoms in total. The summed E-state index contributed by atoms with van der Waals surface area (Å²) in [5.41, 5.74) is 1.17. The molecule has 1 amide bonds. The maximum atomic E-state index is 12.3. The Hall–Kier alpha value is -2.63. The number of carbonyl (C=O) groups is 1. The molecule has 0 atom stereocenters. The number of likely N-dealkylation sites (tertiary alicyclic amines) is 1. The van der Waals surface area contributed by atoms with Gasteiger partial charge in [0, 0.05) is 38.2 Å². The number of benzene rings is 1. The molecule has 0 radical (unpaired) electrons. The number of hydrogen-bond acceptors (Lipinski definition) is 5. The highest BCUT2D eigenvalue weighted by atomic mass is 16.5. The number of aryl methyl sites for hydroxylation is 2. The van der Waals surface area contributed by atoms with Crippen molar-refractivity contribution in [3.63, 3.8) is 0 Å². The van der Waals surface area contributed by atoms with Crippen molar-refractivity contribution in [1.82, 2.24) is 14.9 Å². The van der Waals surface area contributed by atoms with E-state index in [1.807, 2.05) is 43.0 Å². The minimum Gasteiger partial charge on any atom is -0.484 e. The van der Waals surface area contributed by atoms with E-state index < -0.39 is 0 Å². The van der Waals surface area contributed by atoms with E-state index in [1.54, 1.807) is 12.3 Å². The number of hydrogen-bond donors (Lipinski definition) is 0. The molecule has 1 aliphatic rings. The first-order valence-corrected chi connectivity index (χ1v) is 8.54. The molecule has 1 aromatic carbocycles. The van der Waals surface area contributed by atoms with Crippen molar-refractivity contribution < 1.29 is 14.3 Å². The van der Waals surface area contributed by atoms with Crippen LogP contribution in [-0.4, -0.2) is 46.6 Å². The van der Waals surface area contributed by atoms with Gasteiger partial charge in [-0.2, -0.15) is 4.98 Å². The highest BCUT2D eigenvalue weighted by molar-refractivity contribution is 5.77. The molecule has 0 N–H and O–H groups in total. The molecule has 0 bridgehead atoms. The Labute approximate surface area is 147 Å². The smallest absolute Gasteiger partial charge is 0.260 e. The van der Waals surface area contributed by atoms with Crippen molar-refractivity contribution in [2.75, 3.05) is 19.7 Å². The number of nitrogens with zero attached hydrogens (tertiary/aromatic N) is 3. The van der Waals surface area contributed by atoms with Gasteiger partial charge >= 0.3 is 0 Å². The van der Waals surface area contributed by atoms with Crippen LogP contribution in [0.3, 0.4) is 0 Å². The van der Waals surface area contributed by atoms with E-state index in [-0.39, 0.29) is 18.6 Å². The molecule has 3 rings (SSSR count). The van der Waals surface area contributed by atoms with Gasteiger partial charge in [-0.15, -0.1) is 0 Å². The minimum atomic E-state index is 0.0110. The lowest BCUT2D eigenvalue weighted by Gasteiger charge is -2.31. The summed E-state index contributed by atoms with van der Waals surface area (Å²) in [5.74, 6) is 2.02. The maximum absolute atomic E-state index is 12.3. The number of rotatable bonds is 5. The molecule has 0 spiro atoms. The van der Waals surface area contributed by atoms with Crippen LogP contribution in [0, 0.1) is 13.8 Å². The van der Waals surface area contributed by atoms with Crippen molar-refractivity contribution in [2.24, 2.45) is 0 Å². The van der Waals surface area contributed by atoms with Gasteiger partial charge in [0.15, 0.2) is 6.61 Å². The van der Waals surface area contributed by atoms with Crippen LogP contribution in [0.25, 0.3) is 0 Å². The highest BCUT2D eigenvalue weighted by Gasteiger charge is 2.24. The van der Waals surface area contributed by atoms with Crippen LogP contribution in [-0.2, 0) is 4.79 Å². The maximum Gasteiger partial charge on any atom is 0.260 e. The van der Waals surface area contributed by atoms with Crippen LogP contribution in [0.15, 0.2) is 36.5 Å². The third-order valence-electron chi connectivity index (χ3n) is 4.22. The van der Waals surface area contributed by atoms with Gasteiger partial charge in [0.2, 0.25) is 5.88 Å². The fourth-order valence-electron chi connectivity index (χ4n) is 2.76. The van der Waals surface area contributed by atoms with Crippen molar-refractivity contribution in [1.29, 1.82) is 0 Å².